The summed E-state index contributed by atoms with van der Waals surface area (Å²) in [4.78, 5) is 33.0. The van der Waals surface area contributed by atoms with Crippen LogP contribution in [0.2, 0.25) is 20.1 Å². The lowest BCUT2D eigenvalue weighted by atomic mass is 10.0. The Bertz CT molecular complexity index is 2600. The van der Waals surface area contributed by atoms with Gasteiger partial charge in [-0.3, -0.25) is 19.7 Å². The average Bonchev–Trinajstić information content (AvgIpc) is 3.60. The van der Waals surface area contributed by atoms with Gasteiger partial charge in [0.15, 0.2) is 11.9 Å². The van der Waals surface area contributed by atoms with Gasteiger partial charge in [0.1, 0.15) is 28.7 Å². The molecule has 0 radical (unpaired) electrons. The van der Waals surface area contributed by atoms with Crippen LogP contribution in [0.25, 0.3) is 0 Å². The van der Waals surface area contributed by atoms with Crippen molar-refractivity contribution in [1.82, 2.24) is 5.43 Å². The number of carbonyl (C=O) groups is 2. The van der Waals surface area contributed by atoms with Crippen LogP contribution < -0.4 is 34.1 Å². The number of halogens is 4. The summed E-state index contributed by atoms with van der Waals surface area (Å²) in [5.74, 6) is 0.230. The third kappa shape index (κ3) is 14.7. The molecule has 0 saturated carbocycles. The maximum absolute atomic E-state index is 14.2. The van der Waals surface area contributed by atoms with Crippen molar-refractivity contribution in [3.05, 3.63) is 123 Å². The van der Waals surface area contributed by atoms with Crippen molar-refractivity contribution in [2.24, 2.45) is 15.2 Å². The quantitative estimate of drug-likeness (QED) is 0.0349. The molecule has 2 amide bonds. The van der Waals surface area contributed by atoms with Crippen molar-refractivity contribution in [3.8, 4) is 23.0 Å². The molecule has 5 aromatic carbocycles. The van der Waals surface area contributed by atoms with E-state index in [1.165, 1.54) is 69.9 Å². The van der Waals surface area contributed by atoms with Crippen LogP contribution in [0.15, 0.2) is 112 Å². The largest absolute Gasteiger partial charge is 0.508 e. The van der Waals surface area contributed by atoms with E-state index in [0.717, 1.165) is 30.7 Å². The number of phenolic OH excluding ortho intramolecular Hbond substituents is 1. The predicted molar refractivity (Wildman–Crippen MR) is 273 cm³/mol. The molecule has 6 rings (SSSR count). The number of benzene rings is 5. The molecule has 360 valence electrons. The summed E-state index contributed by atoms with van der Waals surface area (Å²) in [7, 11) is 1.45. The molecule has 1 fully saturated rings. The molecule has 0 spiro atoms. The van der Waals surface area contributed by atoms with Gasteiger partial charge < -0.3 is 24.1 Å². The molecular formula is C49H53Cl4N7O7S. The molecule has 19 heteroatoms. The van der Waals surface area contributed by atoms with Crippen LogP contribution in [0.5, 0.6) is 23.0 Å². The molecular weight excluding hydrogens is 972 g/mol. The van der Waals surface area contributed by atoms with E-state index in [-0.39, 0.29) is 54.4 Å². The number of amidine groups is 1. The number of aryl methyl sites for hydroxylation is 1. The van der Waals surface area contributed by atoms with Gasteiger partial charge in [0.2, 0.25) is 6.04 Å². The van der Waals surface area contributed by atoms with Crippen LogP contribution >= 0.6 is 46.4 Å². The van der Waals surface area contributed by atoms with Gasteiger partial charge in [-0.1, -0.05) is 129 Å². The van der Waals surface area contributed by atoms with Crippen molar-refractivity contribution in [2.45, 2.75) is 96.6 Å². The summed E-state index contributed by atoms with van der Waals surface area (Å²) >= 11 is 24.1. The number of rotatable bonds is 24. The number of anilines is 3. The summed E-state index contributed by atoms with van der Waals surface area (Å²) in [5, 5.41) is 23.5. The number of amides is 2. The number of ether oxygens (including phenoxy) is 2. The molecule has 1 aliphatic rings. The third-order valence-corrected chi connectivity index (χ3v) is 12.6. The summed E-state index contributed by atoms with van der Waals surface area (Å²) in [6.07, 6.45) is 11.0. The Balaban J connectivity index is 1.24. The summed E-state index contributed by atoms with van der Waals surface area (Å²) in [6, 6.07) is 24.4. The number of carbonyl (C=O) groups excluding carboxylic acids is 2. The zero-order chi connectivity index (χ0) is 48.6. The van der Waals surface area contributed by atoms with Crippen molar-refractivity contribution in [3.63, 3.8) is 0 Å². The molecule has 0 bridgehead atoms. The van der Waals surface area contributed by atoms with E-state index < -0.39 is 35.2 Å². The van der Waals surface area contributed by atoms with Crippen LogP contribution in [0.4, 0.5) is 28.4 Å². The average molecular weight is 1030 g/mol. The van der Waals surface area contributed by atoms with Crippen molar-refractivity contribution >= 4 is 104 Å². The molecule has 3 unspecified atom stereocenters. The second-order valence-electron chi connectivity index (χ2n) is 15.9. The molecule has 1 aliphatic heterocycles. The molecule has 5 aromatic rings. The highest BCUT2D eigenvalue weighted by Crippen LogP contribution is 2.39. The minimum atomic E-state index is -2.02. The number of hydrogen-bond acceptors (Lipinski definition) is 10. The second-order valence-corrected chi connectivity index (χ2v) is 18.4. The van der Waals surface area contributed by atoms with Crippen LogP contribution in [-0.2, 0) is 20.9 Å². The van der Waals surface area contributed by atoms with E-state index in [1.54, 1.807) is 79.7 Å². The first kappa shape index (κ1) is 51.8. The first-order valence-electron chi connectivity index (χ1n) is 22.2. The lowest BCUT2D eigenvalue weighted by Crippen LogP contribution is -2.36. The van der Waals surface area contributed by atoms with E-state index in [9.17, 15) is 18.9 Å². The van der Waals surface area contributed by atoms with Crippen molar-refractivity contribution in [1.29, 1.82) is 0 Å². The van der Waals surface area contributed by atoms with Gasteiger partial charge >= 0.3 is 11.3 Å². The number of nitrogens with one attached hydrogen (secondary N) is 3. The zero-order valence-corrected chi connectivity index (χ0v) is 41.6. The van der Waals surface area contributed by atoms with Gasteiger partial charge in [0, 0.05) is 10.7 Å². The Morgan fingerprint density at radius 3 is 2.21 bits per heavy atom. The Labute approximate surface area is 419 Å². The van der Waals surface area contributed by atoms with Gasteiger partial charge in [-0.25, -0.2) is 10.0 Å². The molecule has 14 nitrogen and oxygen atoms in total. The zero-order valence-electron chi connectivity index (χ0n) is 37.8. The normalized spacial score (nSPS) is 15.0. The standard InChI is InChI=1S/C49H53Cl4N7O7S/c1-4-5-6-7-8-9-10-11-12-16-19-44(66-36-22-24-42(61)31(2)26-36)48(62)54-33-20-23-37(51)40(29-33)55-47-45(49(63)60(58-47)46-38(52)27-32(50)28-39(46)53)57-56-34-21-25-43(65-3)41(30-34)59-68(64)67-35-17-14-13-15-18-35/h13-15,17-18,20-30,44-45,59,61H,4-12,16,19H2,1-3H3,(H,54,62)(H,55,58). The fraction of sp³-hybridized carbons (Fsp3) is 0.327. The lowest BCUT2D eigenvalue weighted by molar-refractivity contribution is -0.123. The van der Waals surface area contributed by atoms with Gasteiger partial charge in [-0.05, 0) is 104 Å². The number of nitrogens with zero attached hydrogens (tertiary/aromatic N) is 4. The first-order valence-corrected chi connectivity index (χ1v) is 24.8. The summed E-state index contributed by atoms with van der Waals surface area (Å²) < 4.78 is 32.9. The molecule has 0 aromatic heterocycles. The number of hydrogen-bond donors (Lipinski definition) is 4. The first-order chi connectivity index (χ1) is 32.8. The lowest BCUT2D eigenvalue weighted by Gasteiger charge is -2.20. The number of aromatic hydroxyl groups is 1. The number of aliphatic imine (C=N–C) groups is 1. The summed E-state index contributed by atoms with van der Waals surface area (Å²) in [6.45, 7) is 3.98. The maximum atomic E-state index is 14.2. The number of methoxy groups -OCH3 is 1. The predicted octanol–water partition coefficient (Wildman–Crippen LogP) is 13.8. The second kappa shape index (κ2) is 25.7. The molecule has 1 saturated heterocycles. The number of para-hydroxylation sites is 1. The number of phenols is 1. The van der Waals surface area contributed by atoms with Gasteiger partial charge in [0.05, 0.1) is 39.2 Å². The Morgan fingerprint density at radius 2 is 1.53 bits per heavy atom. The highest BCUT2D eigenvalue weighted by molar-refractivity contribution is 7.82. The minimum absolute atomic E-state index is 0.0136. The molecule has 0 aliphatic carbocycles. The van der Waals surface area contributed by atoms with Crippen LogP contribution in [0.1, 0.15) is 83.1 Å². The smallest absolute Gasteiger partial charge is 0.316 e. The van der Waals surface area contributed by atoms with Crippen LogP contribution in [0.3, 0.4) is 0 Å². The third-order valence-electron chi connectivity index (χ3n) is 10.7. The monoisotopic (exact) mass is 1020 g/mol. The van der Waals surface area contributed by atoms with Crippen LogP contribution in [-0.4, -0.2) is 46.2 Å². The highest BCUT2D eigenvalue weighted by Gasteiger charge is 2.41. The van der Waals surface area contributed by atoms with Gasteiger partial charge in [-0.15, -0.1) is 0 Å². The minimum Gasteiger partial charge on any atom is -0.508 e. The topological polar surface area (TPSA) is 176 Å². The Hall–Kier alpha value is -5.58. The fourth-order valence-corrected chi connectivity index (χ4v) is 8.98. The number of hydrazine groups is 1. The van der Waals surface area contributed by atoms with Gasteiger partial charge in [0.25, 0.3) is 11.8 Å². The Morgan fingerprint density at radius 1 is 0.838 bits per heavy atom. The van der Waals surface area contributed by atoms with E-state index in [2.05, 4.69) is 32.6 Å². The fourth-order valence-electron chi connectivity index (χ4n) is 7.17. The van der Waals surface area contributed by atoms with Crippen LogP contribution in [0, 0.1) is 6.92 Å². The highest BCUT2D eigenvalue weighted by atomic mass is 35.5. The summed E-state index contributed by atoms with van der Waals surface area (Å²) in [5.41, 5.74) is 4.71. The van der Waals surface area contributed by atoms with Crippen molar-refractivity contribution in [2.75, 3.05) is 22.2 Å². The number of unbranched alkanes of at least 4 members (excludes halogenated alkanes) is 9. The van der Waals surface area contributed by atoms with E-state index in [1.807, 2.05) is 0 Å². The molecule has 3 atom stereocenters. The number of azo groups is 1. The maximum Gasteiger partial charge on any atom is 0.316 e. The van der Waals surface area contributed by atoms with Gasteiger partial charge in [-0.2, -0.15) is 14.4 Å². The molecule has 1 heterocycles. The van der Waals surface area contributed by atoms with E-state index in [0.29, 0.717) is 34.9 Å². The Kier molecular flexibility index (Phi) is 19.6. The van der Waals surface area contributed by atoms with E-state index >= 15 is 0 Å². The van der Waals surface area contributed by atoms with Crippen molar-refractivity contribution < 1.29 is 32.6 Å². The molecule has 4 N–H and O–H groups in total. The SMILES string of the molecule is CCCCCCCCCCCCC(Oc1ccc(O)c(C)c1)C(=O)Nc1ccc(Cl)c(N=C2NN(c3c(Cl)cc(Cl)cc3Cl)C(=O)C2N=Nc2ccc(OC)c(NS(=O)Oc3ccccc3)c2)c1. The molecule has 68 heavy (non-hydrogen) atoms. The van der Waals surface area contributed by atoms with E-state index in [4.69, 9.17) is 65.1 Å².